The first kappa shape index (κ1) is 19.4. The van der Waals surface area contributed by atoms with Crippen LogP contribution in [0.15, 0.2) is 55.4 Å². The number of piperidine rings is 3. The van der Waals surface area contributed by atoms with E-state index in [0.29, 0.717) is 17.9 Å². The van der Waals surface area contributed by atoms with Gasteiger partial charge in [-0.1, -0.05) is 29.5 Å². The van der Waals surface area contributed by atoms with Gasteiger partial charge in [0, 0.05) is 24.2 Å². The molecule has 1 aromatic carbocycles. The summed E-state index contributed by atoms with van der Waals surface area (Å²) in [6, 6.07) is 10.9. The second kappa shape index (κ2) is 7.29. The molecular formula is C24H30N6. The molecule has 156 valence electrons. The molecule has 0 amide bonds. The Morgan fingerprint density at radius 2 is 2.10 bits per heavy atom. The molecule has 3 saturated heterocycles. The van der Waals surface area contributed by atoms with Crippen molar-refractivity contribution in [3.8, 4) is 0 Å². The van der Waals surface area contributed by atoms with Crippen LogP contribution in [0, 0.1) is 11.8 Å². The minimum atomic E-state index is -0.525. The lowest BCUT2D eigenvalue weighted by Gasteiger charge is -2.51. The Hall–Kier alpha value is -2.57. The van der Waals surface area contributed by atoms with Crippen LogP contribution < -0.4 is 5.73 Å². The Morgan fingerprint density at radius 3 is 2.80 bits per heavy atom. The molecule has 1 unspecified atom stereocenters. The zero-order chi connectivity index (χ0) is 20.9. The predicted molar refractivity (Wildman–Crippen MR) is 119 cm³/mol. The van der Waals surface area contributed by atoms with Crippen LogP contribution in [0.5, 0.6) is 0 Å². The number of benzene rings is 1. The molecule has 0 radical (unpaired) electrons. The smallest absolute Gasteiger partial charge is 0.102 e. The average molecular weight is 403 g/mol. The van der Waals surface area contributed by atoms with E-state index >= 15 is 0 Å². The number of hydrogen-bond donors (Lipinski definition) is 1. The Bertz CT molecular complexity index is 1060. The van der Waals surface area contributed by atoms with Gasteiger partial charge in [0.25, 0.3) is 0 Å². The molecule has 5 atom stereocenters. The van der Waals surface area contributed by atoms with E-state index in [1.165, 1.54) is 17.4 Å². The van der Waals surface area contributed by atoms with Crippen LogP contribution in [0.2, 0.25) is 0 Å². The van der Waals surface area contributed by atoms with Crippen LogP contribution in [0.4, 0.5) is 0 Å². The van der Waals surface area contributed by atoms with Crippen LogP contribution in [0.25, 0.3) is 10.9 Å². The fraction of sp³-hybridized carbons (Fsp3) is 0.458. The van der Waals surface area contributed by atoms with Crippen molar-refractivity contribution < 1.29 is 0 Å². The summed E-state index contributed by atoms with van der Waals surface area (Å²) >= 11 is 0. The summed E-state index contributed by atoms with van der Waals surface area (Å²) in [5.74, 6) is 1.26. The Morgan fingerprint density at radius 1 is 1.27 bits per heavy atom. The average Bonchev–Trinajstić information content (AvgIpc) is 3.25. The summed E-state index contributed by atoms with van der Waals surface area (Å²) in [5.41, 5.74) is 8.88. The van der Waals surface area contributed by atoms with Crippen molar-refractivity contribution >= 4 is 10.9 Å². The van der Waals surface area contributed by atoms with Gasteiger partial charge >= 0.3 is 0 Å². The zero-order valence-electron chi connectivity index (χ0n) is 17.8. The van der Waals surface area contributed by atoms with Gasteiger partial charge in [-0.2, -0.15) is 0 Å². The summed E-state index contributed by atoms with van der Waals surface area (Å²) < 4.78 is 2.04. The SMILES string of the molecule is C=C[C@H]1CN2CC[C@H]1C[C@H]2[C@H](c1ccnc2ccccc12)n1cc(C(C)(C)N)nn1. The lowest BCUT2D eigenvalue weighted by atomic mass is 9.73. The zero-order valence-corrected chi connectivity index (χ0v) is 17.8. The van der Waals surface area contributed by atoms with Gasteiger partial charge in [0.05, 0.1) is 23.3 Å². The van der Waals surface area contributed by atoms with Gasteiger partial charge in [0.15, 0.2) is 0 Å². The van der Waals surface area contributed by atoms with Crippen LogP contribution in [0.1, 0.15) is 44.0 Å². The van der Waals surface area contributed by atoms with Crippen LogP contribution >= 0.6 is 0 Å². The third-order valence-electron chi connectivity index (χ3n) is 6.98. The number of pyridine rings is 1. The van der Waals surface area contributed by atoms with Crippen molar-refractivity contribution in [3.05, 3.63) is 66.6 Å². The van der Waals surface area contributed by atoms with Gasteiger partial charge in [-0.3, -0.25) is 9.88 Å². The Kier molecular flexibility index (Phi) is 4.71. The molecule has 3 aliphatic heterocycles. The lowest BCUT2D eigenvalue weighted by molar-refractivity contribution is -0.000132. The number of aromatic nitrogens is 4. The van der Waals surface area contributed by atoms with Crippen molar-refractivity contribution in [2.75, 3.05) is 13.1 Å². The number of para-hydroxylation sites is 1. The molecule has 3 aromatic rings. The van der Waals surface area contributed by atoms with E-state index in [0.717, 1.165) is 30.7 Å². The van der Waals surface area contributed by atoms with Gasteiger partial charge in [-0.25, -0.2) is 4.68 Å². The van der Waals surface area contributed by atoms with Crippen molar-refractivity contribution in [2.45, 2.75) is 44.3 Å². The normalized spacial score (nSPS) is 27.3. The first-order valence-corrected chi connectivity index (χ1v) is 10.9. The molecule has 2 N–H and O–H groups in total. The standard InChI is InChI=1S/C24H30N6/c1-4-16-14-29-12-10-17(16)13-21(29)23(30-15-22(27-28-30)24(2,3)25)19-9-11-26-20-8-6-5-7-18(19)20/h4-9,11,15-17,21,23H,1,10,12-14,25H2,2-3H3/t16-,17-,21-,23-/m0/s1. The number of nitrogens with two attached hydrogens (primary N) is 1. The largest absolute Gasteiger partial charge is 0.320 e. The molecular weight excluding hydrogens is 372 g/mol. The molecule has 0 saturated carbocycles. The molecule has 6 heteroatoms. The molecule has 2 bridgehead atoms. The molecule has 5 heterocycles. The van der Waals surface area contributed by atoms with E-state index < -0.39 is 5.54 Å². The van der Waals surface area contributed by atoms with E-state index in [2.05, 4.69) is 57.1 Å². The Balaban J connectivity index is 1.63. The van der Waals surface area contributed by atoms with Gasteiger partial charge in [0.2, 0.25) is 0 Å². The first-order valence-electron chi connectivity index (χ1n) is 10.9. The molecule has 3 fully saturated rings. The molecule has 6 nitrogen and oxygen atoms in total. The number of nitrogens with zero attached hydrogens (tertiary/aromatic N) is 5. The highest BCUT2D eigenvalue weighted by atomic mass is 15.5. The summed E-state index contributed by atoms with van der Waals surface area (Å²) in [4.78, 5) is 7.21. The van der Waals surface area contributed by atoms with Gasteiger partial charge in [0.1, 0.15) is 5.69 Å². The van der Waals surface area contributed by atoms with Crippen molar-refractivity contribution in [1.82, 2.24) is 24.9 Å². The summed E-state index contributed by atoms with van der Waals surface area (Å²) in [5, 5.41) is 10.2. The maximum Gasteiger partial charge on any atom is 0.102 e. The van der Waals surface area contributed by atoms with Crippen molar-refractivity contribution in [2.24, 2.45) is 17.6 Å². The van der Waals surface area contributed by atoms with Crippen LogP contribution in [0.3, 0.4) is 0 Å². The molecule has 30 heavy (non-hydrogen) atoms. The second-order valence-corrected chi connectivity index (χ2v) is 9.41. The van der Waals surface area contributed by atoms with Gasteiger partial charge in [-0.05, 0) is 62.8 Å². The lowest BCUT2D eigenvalue weighted by Crippen LogP contribution is -2.56. The van der Waals surface area contributed by atoms with E-state index in [9.17, 15) is 0 Å². The molecule has 6 rings (SSSR count). The third kappa shape index (κ3) is 3.24. The molecule has 3 aliphatic rings. The fourth-order valence-corrected chi connectivity index (χ4v) is 5.32. The van der Waals surface area contributed by atoms with E-state index in [1.807, 2.05) is 37.0 Å². The fourth-order valence-electron chi connectivity index (χ4n) is 5.32. The molecule has 0 aliphatic carbocycles. The molecule has 2 aromatic heterocycles. The third-order valence-corrected chi connectivity index (χ3v) is 6.98. The maximum absolute atomic E-state index is 6.33. The summed E-state index contributed by atoms with van der Waals surface area (Å²) in [6.07, 6.45) is 8.48. The highest BCUT2D eigenvalue weighted by molar-refractivity contribution is 5.82. The van der Waals surface area contributed by atoms with Gasteiger partial charge < -0.3 is 5.73 Å². The number of rotatable bonds is 5. The molecule has 0 spiro atoms. The summed E-state index contributed by atoms with van der Waals surface area (Å²) in [6.45, 7) is 10.2. The minimum absolute atomic E-state index is 0.0649. The highest BCUT2D eigenvalue weighted by Gasteiger charge is 2.44. The second-order valence-electron chi connectivity index (χ2n) is 9.41. The summed E-state index contributed by atoms with van der Waals surface area (Å²) in [7, 11) is 0. The topological polar surface area (TPSA) is 72.9 Å². The van der Waals surface area contributed by atoms with E-state index in [4.69, 9.17) is 5.73 Å². The van der Waals surface area contributed by atoms with Crippen LogP contribution in [-0.2, 0) is 5.54 Å². The Labute approximate surface area is 177 Å². The maximum atomic E-state index is 6.33. The van der Waals surface area contributed by atoms with Crippen molar-refractivity contribution in [1.29, 1.82) is 0 Å². The monoisotopic (exact) mass is 402 g/mol. The van der Waals surface area contributed by atoms with Gasteiger partial charge in [-0.15, -0.1) is 11.7 Å². The number of hydrogen-bond acceptors (Lipinski definition) is 5. The minimum Gasteiger partial charge on any atom is -0.320 e. The number of fused-ring (bicyclic) bond motifs is 4. The van der Waals surface area contributed by atoms with Crippen molar-refractivity contribution in [3.63, 3.8) is 0 Å². The highest BCUT2D eigenvalue weighted by Crippen LogP contribution is 2.43. The quantitative estimate of drug-likeness (QED) is 0.661. The van der Waals surface area contributed by atoms with E-state index in [-0.39, 0.29) is 6.04 Å². The van der Waals surface area contributed by atoms with Crippen LogP contribution in [-0.4, -0.2) is 44.0 Å². The van der Waals surface area contributed by atoms with E-state index in [1.54, 1.807) is 0 Å². The predicted octanol–water partition coefficient (Wildman–Crippen LogP) is 3.51. The first-order chi connectivity index (χ1) is 14.5.